The van der Waals surface area contributed by atoms with Crippen molar-refractivity contribution in [1.82, 2.24) is 4.90 Å². The zero-order chi connectivity index (χ0) is 20.0. The van der Waals surface area contributed by atoms with E-state index in [0.29, 0.717) is 26.4 Å². The Hall–Kier alpha value is -2.80. The van der Waals surface area contributed by atoms with Crippen LogP contribution < -0.4 is 4.74 Å². The maximum atomic E-state index is 12.0. The Morgan fingerprint density at radius 1 is 1.30 bits per heavy atom. The van der Waals surface area contributed by atoms with E-state index in [2.05, 4.69) is 22.0 Å². The van der Waals surface area contributed by atoms with Crippen LogP contribution in [0.3, 0.4) is 0 Å². The topological polar surface area (TPSA) is 77.1 Å². The van der Waals surface area contributed by atoms with Crippen molar-refractivity contribution in [2.75, 3.05) is 14.1 Å². The molecule has 0 atom stereocenters. The Balaban J connectivity index is 2.28. The molecule has 136 valence electrons. The molecule has 7 heteroatoms. The van der Waals surface area contributed by atoms with Crippen LogP contribution in [0.4, 0.5) is 0 Å². The average molecular weight is 445 g/mol. The van der Waals surface area contributed by atoms with Crippen molar-refractivity contribution in [3.8, 4) is 17.9 Å². The molecule has 2 rings (SSSR count). The smallest absolute Gasteiger partial charge is 0.264 e. The Morgan fingerprint density at radius 3 is 2.59 bits per heavy atom. The summed E-state index contributed by atoms with van der Waals surface area (Å²) in [6.45, 7) is 0.180. The molecule has 0 aliphatic heterocycles. The molecular weight excluding hydrogens is 430 g/mol. The molecule has 0 aliphatic carbocycles. The molecule has 0 saturated heterocycles. The van der Waals surface area contributed by atoms with E-state index in [1.807, 2.05) is 18.2 Å². The summed E-state index contributed by atoms with van der Waals surface area (Å²) in [4.78, 5) is 13.3. The molecule has 27 heavy (non-hydrogen) atoms. The summed E-state index contributed by atoms with van der Waals surface area (Å²) in [5.41, 5.74) is 1.86. The molecule has 0 unspecified atom stereocenters. The van der Waals surface area contributed by atoms with Gasteiger partial charge in [0.05, 0.1) is 21.1 Å². The summed E-state index contributed by atoms with van der Waals surface area (Å²) >= 11 is 9.72. The summed E-state index contributed by atoms with van der Waals surface area (Å²) in [6, 6.07) is 14.5. The SMILES string of the molecule is CN(C)C(=O)/C(C#N)=C\c1cc(Cl)c(OCc2ccccc2C#N)c(Br)c1. The minimum Gasteiger partial charge on any atom is -0.486 e. The third-order valence-corrected chi connectivity index (χ3v) is 4.47. The van der Waals surface area contributed by atoms with E-state index in [-0.39, 0.29) is 12.2 Å². The lowest BCUT2D eigenvalue weighted by molar-refractivity contribution is -0.124. The van der Waals surface area contributed by atoms with Crippen LogP contribution in [-0.2, 0) is 11.4 Å². The minimum atomic E-state index is -0.391. The highest BCUT2D eigenvalue weighted by Gasteiger charge is 2.14. The van der Waals surface area contributed by atoms with Crippen molar-refractivity contribution in [1.29, 1.82) is 10.5 Å². The average Bonchev–Trinajstić information content (AvgIpc) is 2.65. The fraction of sp³-hybridized carbons (Fsp3) is 0.150. The lowest BCUT2D eigenvalue weighted by Crippen LogP contribution is -2.22. The number of likely N-dealkylation sites (N-methyl/N-ethyl adjacent to an activating group) is 1. The second-order valence-corrected chi connectivity index (χ2v) is 7.00. The summed E-state index contributed by atoms with van der Waals surface area (Å²) in [5.74, 6) is 0.0252. The quantitative estimate of drug-likeness (QED) is 0.501. The van der Waals surface area contributed by atoms with Crippen molar-refractivity contribution >= 4 is 39.5 Å². The molecule has 0 spiro atoms. The maximum absolute atomic E-state index is 12.0. The minimum absolute atomic E-state index is 0.000387. The molecule has 0 heterocycles. The lowest BCUT2D eigenvalue weighted by atomic mass is 10.1. The first-order chi connectivity index (χ1) is 12.9. The lowest BCUT2D eigenvalue weighted by Gasteiger charge is -2.12. The van der Waals surface area contributed by atoms with Crippen LogP contribution >= 0.6 is 27.5 Å². The van der Waals surface area contributed by atoms with Crippen molar-refractivity contribution in [2.45, 2.75) is 6.61 Å². The molecule has 5 nitrogen and oxygen atoms in total. The summed E-state index contributed by atoms with van der Waals surface area (Å²) < 4.78 is 6.35. The van der Waals surface area contributed by atoms with Crippen molar-refractivity contribution < 1.29 is 9.53 Å². The number of hydrogen-bond acceptors (Lipinski definition) is 4. The molecular formula is C20H15BrClN3O2. The van der Waals surface area contributed by atoms with E-state index in [1.54, 1.807) is 38.4 Å². The zero-order valence-electron chi connectivity index (χ0n) is 14.7. The molecule has 0 radical (unpaired) electrons. The van der Waals surface area contributed by atoms with Gasteiger partial charge in [-0.2, -0.15) is 10.5 Å². The Morgan fingerprint density at radius 2 is 2.00 bits per heavy atom. The zero-order valence-corrected chi connectivity index (χ0v) is 17.0. The van der Waals surface area contributed by atoms with Gasteiger partial charge in [-0.1, -0.05) is 29.8 Å². The number of amides is 1. The van der Waals surface area contributed by atoms with Crippen molar-refractivity contribution in [3.63, 3.8) is 0 Å². The van der Waals surface area contributed by atoms with E-state index in [1.165, 1.54) is 11.0 Å². The number of rotatable bonds is 5. The van der Waals surface area contributed by atoms with Gasteiger partial charge in [0, 0.05) is 19.7 Å². The third kappa shape index (κ3) is 5.10. The predicted molar refractivity (Wildman–Crippen MR) is 107 cm³/mol. The molecule has 0 aromatic heterocycles. The van der Waals surface area contributed by atoms with E-state index in [4.69, 9.17) is 21.6 Å². The van der Waals surface area contributed by atoms with Crippen molar-refractivity contribution in [2.24, 2.45) is 0 Å². The van der Waals surface area contributed by atoms with Gasteiger partial charge in [0.15, 0.2) is 5.75 Å². The molecule has 0 saturated carbocycles. The van der Waals surface area contributed by atoms with E-state index in [9.17, 15) is 10.1 Å². The van der Waals surface area contributed by atoms with Gasteiger partial charge in [0.25, 0.3) is 5.91 Å². The number of nitriles is 2. The highest BCUT2D eigenvalue weighted by atomic mass is 79.9. The van der Waals surface area contributed by atoms with Crippen LogP contribution in [0, 0.1) is 22.7 Å². The number of nitrogens with zero attached hydrogens (tertiary/aromatic N) is 3. The van der Waals surface area contributed by atoms with E-state index >= 15 is 0 Å². The van der Waals surface area contributed by atoms with Crippen LogP contribution in [0.15, 0.2) is 46.4 Å². The second-order valence-electron chi connectivity index (χ2n) is 5.74. The molecule has 0 bridgehead atoms. The van der Waals surface area contributed by atoms with Crippen LogP contribution in [-0.4, -0.2) is 24.9 Å². The molecule has 0 N–H and O–H groups in total. The Kier molecular flexibility index (Phi) is 7.01. The molecule has 0 fully saturated rings. The monoisotopic (exact) mass is 443 g/mol. The van der Waals surface area contributed by atoms with Gasteiger partial charge in [0.2, 0.25) is 0 Å². The maximum Gasteiger partial charge on any atom is 0.264 e. The number of carbonyl (C=O) groups excluding carboxylic acids is 1. The fourth-order valence-corrected chi connectivity index (χ4v) is 3.24. The largest absolute Gasteiger partial charge is 0.486 e. The third-order valence-electron chi connectivity index (χ3n) is 3.60. The van der Waals surface area contributed by atoms with Crippen LogP contribution in [0.25, 0.3) is 6.08 Å². The van der Waals surface area contributed by atoms with Crippen molar-refractivity contribution in [3.05, 3.63) is 68.2 Å². The molecule has 2 aromatic carbocycles. The van der Waals surface area contributed by atoms with E-state index in [0.717, 1.165) is 5.56 Å². The van der Waals surface area contributed by atoms with Crippen LogP contribution in [0.1, 0.15) is 16.7 Å². The predicted octanol–water partition coefficient (Wildman–Crippen LogP) is 4.55. The first-order valence-corrected chi connectivity index (χ1v) is 8.97. The van der Waals surface area contributed by atoms with Gasteiger partial charge in [-0.3, -0.25) is 4.79 Å². The first kappa shape index (κ1) is 20.5. The number of halogens is 2. The van der Waals surface area contributed by atoms with Gasteiger partial charge >= 0.3 is 0 Å². The normalized spacial score (nSPS) is 10.7. The number of carbonyl (C=O) groups is 1. The van der Waals surface area contributed by atoms with Crippen LogP contribution in [0.5, 0.6) is 5.75 Å². The molecule has 2 aromatic rings. The Bertz CT molecular complexity index is 964. The Labute approximate surface area is 171 Å². The summed E-state index contributed by atoms with van der Waals surface area (Å²) in [7, 11) is 3.15. The van der Waals surface area contributed by atoms with E-state index < -0.39 is 5.91 Å². The fourth-order valence-electron chi connectivity index (χ4n) is 2.26. The molecule has 0 aliphatic rings. The number of hydrogen-bond donors (Lipinski definition) is 0. The van der Waals surface area contributed by atoms with Crippen LogP contribution in [0.2, 0.25) is 5.02 Å². The molecule has 1 amide bonds. The standard InChI is InChI=1S/C20H15BrClN3O2/c1-25(2)20(26)16(11-24)7-13-8-17(21)19(18(22)9-13)27-12-15-6-4-3-5-14(15)10-23/h3-9H,12H2,1-2H3/b16-7-. The first-order valence-electron chi connectivity index (χ1n) is 7.80. The summed E-state index contributed by atoms with van der Waals surface area (Å²) in [5, 5.41) is 18.7. The van der Waals surface area contributed by atoms with Gasteiger partial charge in [-0.25, -0.2) is 0 Å². The highest BCUT2D eigenvalue weighted by molar-refractivity contribution is 9.10. The second kappa shape index (κ2) is 9.23. The summed E-state index contributed by atoms with van der Waals surface area (Å²) in [6.07, 6.45) is 1.47. The van der Waals surface area contributed by atoms with Gasteiger partial charge < -0.3 is 9.64 Å². The van der Waals surface area contributed by atoms with Gasteiger partial charge in [-0.15, -0.1) is 0 Å². The number of ether oxygens (including phenoxy) is 1. The van der Waals surface area contributed by atoms with Gasteiger partial charge in [0.1, 0.15) is 18.2 Å². The van der Waals surface area contributed by atoms with Gasteiger partial charge in [-0.05, 0) is 45.8 Å². The number of benzene rings is 2. The highest BCUT2D eigenvalue weighted by Crippen LogP contribution is 2.36.